The van der Waals surface area contributed by atoms with Gasteiger partial charge in [-0.3, -0.25) is 14.4 Å². The van der Waals surface area contributed by atoms with Crippen LogP contribution in [0.25, 0.3) is 0 Å². The third-order valence-electron chi connectivity index (χ3n) is 8.61. The van der Waals surface area contributed by atoms with Crippen LogP contribution in [0.5, 0.6) is 0 Å². The molecule has 1 spiro atoms. The Morgan fingerprint density at radius 2 is 1.79 bits per heavy atom. The van der Waals surface area contributed by atoms with Crippen LogP contribution in [0.15, 0.2) is 41.6 Å². The maximum atomic E-state index is 13.6. The van der Waals surface area contributed by atoms with E-state index in [9.17, 15) is 27.1 Å². The number of rotatable bonds is 8. The number of halogens is 2. The van der Waals surface area contributed by atoms with E-state index >= 15 is 0 Å². The zero-order chi connectivity index (χ0) is 27.8. The van der Waals surface area contributed by atoms with Crippen molar-refractivity contribution in [3.63, 3.8) is 0 Å². The van der Waals surface area contributed by atoms with Gasteiger partial charge in [0.15, 0.2) is 0 Å². The number of sulfonamides is 1. The molecule has 1 saturated carbocycles. The number of carbonyl (C=O) groups is 1. The van der Waals surface area contributed by atoms with Gasteiger partial charge < -0.3 is 15.3 Å². The summed E-state index contributed by atoms with van der Waals surface area (Å²) in [4.78, 5) is 22.1. The molecule has 214 valence electrons. The van der Waals surface area contributed by atoms with Gasteiger partial charge in [0, 0.05) is 49.7 Å². The van der Waals surface area contributed by atoms with Gasteiger partial charge in [-0.1, -0.05) is 12.1 Å². The number of nitrogens with zero attached hydrogens (tertiary/aromatic N) is 3. The highest BCUT2D eigenvalue weighted by atomic mass is 32.2. The van der Waals surface area contributed by atoms with E-state index in [1.807, 2.05) is 0 Å². The Morgan fingerprint density at radius 1 is 1.10 bits per heavy atom. The molecule has 3 heterocycles. The molecule has 2 aliphatic carbocycles. The van der Waals surface area contributed by atoms with Crippen LogP contribution in [-0.4, -0.2) is 79.3 Å². The van der Waals surface area contributed by atoms with Gasteiger partial charge in [0.05, 0.1) is 6.61 Å². The first-order chi connectivity index (χ1) is 18.5. The van der Waals surface area contributed by atoms with Crippen molar-refractivity contribution in [2.75, 3.05) is 43.0 Å². The van der Waals surface area contributed by atoms with Gasteiger partial charge in [0.2, 0.25) is 10.0 Å². The number of pyridine rings is 1. The average Bonchev–Trinajstić information content (AvgIpc) is 3.67. The fourth-order valence-corrected chi connectivity index (χ4v) is 6.52. The Bertz CT molecular complexity index is 1240. The lowest BCUT2D eigenvalue weighted by molar-refractivity contribution is -0.113. The summed E-state index contributed by atoms with van der Waals surface area (Å²) >= 11 is 0. The Hall–Kier alpha value is -2.57. The number of hydrogen-bond acceptors (Lipinski definition) is 7. The van der Waals surface area contributed by atoms with Crippen LogP contribution in [0.4, 0.5) is 20.4 Å². The summed E-state index contributed by atoms with van der Waals surface area (Å²) in [7, 11) is -3.76. The van der Waals surface area contributed by atoms with Crippen LogP contribution in [0, 0.1) is 5.41 Å². The van der Waals surface area contributed by atoms with Crippen molar-refractivity contribution in [1.29, 1.82) is 0 Å². The topological polar surface area (TPSA) is 115 Å². The predicted molar refractivity (Wildman–Crippen MR) is 145 cm³/mol. The van der Waals surface area contributed by atoms with Crippen molar-refractivity contribution < 1.29 is 27.1 Å². The van der Waals surface area contributed by atoms with Crippen LogP contribution in [0.1, 0.15) is 51.9 Å². The molecule has 3 N–H and O–H groups in total. The van der Waals surface area contributed by atoms with Crippen molar-refractivity contribution >= 4 is 27.6 Å². The number of anilines is 2. The second-order valence-corrected chi connectivity index (χ2v) is 13.5. The third-order valence-corrected chi connectivity index (χ3v) is 10.4. The van der Waals surface area contributed by atoms with Gasteiger partial charge in [-0.05, 0) is 69.3 Å². The molecule has 1 unspecified atom stereocenters. The average molecular weight is 566 g/mol. The van der Waals surface area contributed by atoms with Gasteiger partial charge >= 0.3 is 0 Å². The number of likely N-dealkylation sites (tertiary alicyclic amines) is 1. The van der Waals surface area contributed by atoms with Crippen LogP contribution in [0.2, 0.25) is 0 Å². The Balaban J connectivity index is 1.33. The van der Waals surface area contributed by atoms with E-state index in [1.54, 1.807) is 35.3 Å². The molecule has 1 amide bonds. The molecule has 0 radical (unpaired) electrons. The maximum Gasteiger partial charge on any atom is 0.254 e. The highest BCUT2D eigenvalue weighted by Gasteiger charge is 2.46. The zero-order valence-electron chi connectivity index (χ0n) is 22.2. The summed E-state index contributed by atoms with van der Waals surface area (Å²) in [6, 6.07) is 4.84. The highest BCUT2D eigenvalue weighted by Crippen LogP contribution is 2.54. The predicted octanol–water partition coefficient (Wildman–Crippen LogP) is 3.01. The van der Waals surface area contributed by atoms with E-state index in [4.69, 9.17) is 0 Å². The van der Waals surface area contributed by atoms with Crippen molar-refractivity contribution in [2.24, 2.45) is 5.41 Å². The summed E-state index contributed by atoms with van der Waals surface area (Å²) in [5.74, 6) is -2.12. The van der Waals surface area contributed by atoms with Crippen molar-refractivity contribution in [1.82, 2.24) is 14.6 Å². The van der Waals surface area contributed by atoms with E-state index in [-0.39, 0.29) is 37.9 Å². The first-order valence-corrected chi connectivity index (χ1v) is 15.2. The molecule has 39 heavy (non-hydrogen) atoms. The fourth-order valence-electron chi connectivity index (χ4n) is 5.60. The number of allylic oxidation sites excluding steroid dienone is 2. The van der Waals surface area contributed by atoms with Crippen LogP contribution in [-0.2, 0) is 14.8 Å². The lowest BCUT2D eigenvalue weighted by Gasteiger charge is -2.40. The molecular formula is C27H37F2N5O4S. The Morgan fingerprint density at radius 3 is 2.44 bits per heavy atom. The number of carbonyl (C=O) groups excluding carboxylic acids is 1. The standard InChI is InChI=1S/C27H37F2N5O4S/c1-19(18-35)39(37,38)32-20-5-6-21(22(17-20)33-13-9-26(7-8-26)10-14-33)25(36)31-23-3-2-4-24(30-23)34-15-11-27(28,29)12-16-34/h2-6,19,22,32,35H,7-18H2,1H3,(H,30,31,36)/t19-,22?/m1/s1. The highest BCUT2D eigenvalue weighted by molar-refractivity contribution is 7.90. The van der Waals surface area contributed by atoms with Crippen molar-refractivity contribution in [2.45, 2.75) is 69.1 Å². The fraction of sp³-hybridized carbons (Fsp3) is 0.630. The van der Waals surface area contributed by atoms with E-state index in [2.05, 4.69) is 19.9 Å². The molecule has 2 atom stereocenters. The Kier molecular flexibility index (Phi) is 7.73. The van der Waals surface area contributed by atoms with E-state index < -0.39 is 27.8 Å². The second-order valence-electron chi connectivity index (χ2n) is 11.4. The van der Waals surface area contributed by atoms with E-state index in [1.165, 1.54) is 19.8 Å². The summed E-state index contributed by atoms with van der Waals surface area (Å²) in [5.41, 5.74) is 1.44. The smallest absolute Gasteiger partial charge is 0.254 e. The van der Waals surface area contributed by atoms with Crippen molar-refractivity contribution in [3.8, 4) is 0 Å². The van der Waals surface area contributed by atoms with E-state index in [0.717, 1.165) is 25.9 Å². The molecule has 0 bridgehead atoms. The normalized spacial score (nSPS) is 25.4. The van der Waals surface area contributed by atoms with Gasteiger partial charge in [-0.25, -0.2) is 22.2 Å². The lowest BCUT2D eigenvalue weighted by Crippen LogP contribution is -2.47. The molecule has 3 fully saturated rings. The molecule has 2 aliphatic heterocycles. The quantitative estimate of drug-likeness (QED) is 0.444. The van der Waals surface area contributed by atoms with E-state index in [0.29, 0.717) is 34.7 Å². The van der Waals surface area contributed by atoms with Crippen LogP contribution >= 0.6 is 0 Å². The van der Waals surface area contributed by atoms with Gasteiger partial charge in [0.25, 0.3) is 11.8 Å². The first kappa shape index (κ1) is 28.0. The van der Waals surface area contributed by atoms with Gasteiger partial charge in [-0.2, -0.15) is 0 Å². The largest absolute Gasteiger partial charge is 0.395 e. The number of piperidine rings is 2. The number of aromatic nitrogens is 1. The first-order valence-electron chi connectivity index (χ1n) is 13.7. The molecule has 9 nitrogen and oxygen atoms in total. The molecule has 5 rings (SSSR count). The number of hydrogen-bond donors (Lipinski definition) is 3. The Labute approximate surface area is 228 Å². The van der Waals surface area contributed by atoms with Crippen LogP contribution < -0.4 is 14.9 Å². The minimum absolute atomic E-state index is 0.194. The molecule has 2 saturated heterocycles. The minimum atomic E-state index is -3.76. The van der Waals surface area contributed by atoms with Gasteiger partial charge in [-0.15, -0.1) is 0 Å². The number of amides is 1. The summed E-state index contributed by atoms with van der Waals surface area (Å²) in [6.45, 7) is 2.99. The van der Waals surface area contributed by atoms with Gasteiger partial charge in [0.1, 0.15) is 16.9 Å². The SMILES string of the molecule is C[C@H](CO)S(=O)(=O)NC1=CC=C(C(=O)Nc2cccc(N3CCC(F)(F)CC3)n2)C(N2CCC3(CC2)CC3)C1. The molecule has 0 aromatic carbocycles. The molecule has 4 aliphatic rings. The van der Waals surface area contributed by atoms with Crippen LogP contribution in [0.3, 0.4) is 0 Å². The molecule has 1 aromatic rings. The minimum Gasteiger partial charge on any atom is -0.395 e. The summed E-state index contributed by atoms with van der Waals surface area (Å²) in [5, 5.41) is 11.3. The third kappa shape index (κ3) is 6.44. The summed E-state index contributed by atoms with van der Waals surface area (Å²) < 4.78 is 55.0. The number of aliphatic hydroxyl groups is 1. The summed E-state index contributed by atoms with van der Waals surface area (Å²) in [6.07, 6.45) is 7.73. The number of aliphatic hydroxyl groups excluding tert-OH is 1. The molecule has 1 aromatic heterocycles. The number of nitrogens with one attached hydrogen (secondary N) is 2. The lowest BCUT2D eigenvalue weighted by atomic mass is 9.88. The zero-order valence-corrected chi connectivity index (χ0v) is 23.0. The van der Waals surface area contributed by atoms with Crippen molar-refractivity contribution in [3.05, 3.63) is 41.6 Å². The molecular weight excluding hydrogens is 528 g/mol. The molecule has 12 heteroatoms. The maximum absolute atomic E-state index is 13.6. The number of alkyl halides is 2. The monoisotopic (exact) mass is 565 g/mol. The second kappa shape index (κ2) is 10.8.